The summed E-state index contributed by atoms with van der Waals surface area (Å²) in [4.78, 5) is 11.7. The number of aromatic amines is 1. The van der Waals surface area contributed by atoms with E-state index in [1.807, 2.05) is 30.3 Å². The van der Waals surface area contributed by atoms with E-state index in [0.717, 1.165) is 16.8 Å². The standard InChI is InChI=1S/C14H14N2O2/c1-10(2)9-18-14(17)13-8-12(15-16-13)11-6-4-3-5-7-11/h3-8H,1,9H2,2H3,(H,15,16). The van der Waals surface area contributed by atoms with Crippen LogP contribution in [-0.4, -0.2) is 22.8 Å². The van der Waals surface area contributed by atoms with Crippen LogP contribution in [0.4, 0.5) is 0 Å². The molecular formula is C14H14N2O2. The molecule has 0 bridgehead atoms. The first kappa shape index (κ1) is 12.1. The Bertz CT molecular complexity index is 558. The number of rotatable bonds is 4. The number of esters is 1. The van der Waals surface area contributed by atoms with Crippen LogP contribution >= 0.6 is 0 Å². The highest BCUT2D eigenvalue weighted by atomic mass is 16.5. The Balaban J connectivity index is 2.11. The van der Waals surface area contributed by atoms with E-state index in [-0.39, 0.29) is 6.61 Å². The van der Waals surface area contributed by atoms with Gasteiger partial charge in [-0.2, -0.15) is 5.10 Å². The van der Waals surface area contributed by atoms with Crippen molar-refractivity contribution >= 4 is 5.97 Å². The fourth-order valence-electron chi connectivity index (χ4n) is 1.45. The number of aromatic nitrogens is 2. The summed E-state index contributed by atoms with van der Waals surface area (Å²) in [6, 6.07) is 11.3. The van der Waals surface area contributed by atoms with E-state index in [4.69, 9.17) is 4.74 Å². The van der Waals surface area contributed by atoms with Crippen LogP contribution in [-0.2, 0) is 4.74 Å². The molecule has 2 rings (SSSR count). The van der Waals surface area contributed by atoms with Crippen LogP contribution in [0, 0.1) is 0 Å². The third kappa shape index (κ3) is 2.85. The lowest BCUT2D eigenvalue weighted by atomic mass is 10.1. The lowest BCUT2D eigenvalue weighted by Crippen LogP contribution is -2.07. The first-order valence-corrected chi connectivity index (χ1v) is 5.59. The van der Waals surface area contributed by atoms with Crippen molar-refractivity contribution in [2.24, 2.45) is 0 Å². The van der Waals surface area contributed by atoms with Gasteiger partial charge in [0.15, 0.2) is 0 Å². The number of nitrogens with one attached hydrogen (secondary N) is 1. The molecule has 0 atom stereocenters. The van der Waals surface area contributed by atoms with Crippen molar-refractivity contribution in [1.82, 2.24) is 10.2 Å². The maximum Gasteiger partial charge on any atom is 0.356 e. The van der Waals surface area contributed by atoms with Crippen molar-refractivity contribution in [3.63, 3.8) is 0 Å². The van der Waals surface area contributed by atoms with Crippen LogP contribution in [0.15, 0.2) is 48.6 Å². The lowest BCUT2D eigenvalue weighted by Gasteiger charge is -2.00. The Labute approximate surface area is 105 Å². The molecule has 18 heavy (non-hydrogen) atoms. The van der Waals surface area contributed by atoms with Gasteiger partial charge in [0.2, 0.25) is 0 Å². The zero-order valence-electron chi connectivity index (χ0n) is 10.1. The molecule has 4 heteroatoms. The molecule has 0 fully saturated rings. The highest BCUT2D eigenvalue weighted by Gasteiger charge is 2.11. The predicted molar refractivity (Wildman–Crippen MR) is 69.1 cm³/mol. The van der Waals surface area contributed by atoms with E-state index < -0.39 is 5.97 Å². The van der Waals surface area contributed by atoms with Crippen LogP contribution in [0.1, 0.15) is 17.4 Å². The normalized spacial score (nSPS) is 10.1. The van der Waals surface area contributed by atoms with E-state index in [1.165, 1.54) is 0 Å². The highest BCUT2D eigenvalue weighted by Crippen LogP contribution is 2.17. The molecule has 92 valence electrons. The van der Waals surface area contributed by atoms with Crippen molar-refractivity contribution in [3.05, 3.63) is 54.2 Å². The van der Waals surface area contributed by atoms with Gasteiger partial charge in [0.05, 0.1) is 5.69 Å². The molecule has 1 heterocycles. The number of carbonyl (C=O) groups excluding carboxylic acids is 1. The SMILES string of the molecule is C=C(C)COC(=O)c1cc(-c2ccccc2)n[nH]1. The summed E-state index contributed by atoms with van der Waals surface area (Å²) in [7, 11) is 0. The maximum atomic E-state index is 11.7. The van der Waals surface area contributed by atoms with Crippen molar-refractivity contribution in [2.45, 2.75) is 6.92 Å². The summed E-state index contributed by atoms with van der Waals surface area (Å²) in [6.07, 6.45) is 0. The van der Waals surface area contributed by atoms with Gasteiger partial charge in [-0.1, -0.05) is 36.9 Å². The van der Waals surface area contributed by atoms with Gasteiger partial charge in [-0.05, 0) is 18.6 Å². The van der Waals surface area contributed by atoms with Gasteiger partial charge in [0, 0.05) is 5.56 Å². The molecule has 0 aliphatic rings. The van der Waals surface area contributed by atoms with Crippen molar-refractivity contribution in [3.8, 4) is 11.3 Å². The Morgan fingerprint density at radius 1 is 1.39 bits per heavy atom. The summed E-state index contributed by atoms with van der Waals surface area (Å²) >= 11 is 0. The largest absolute Gasteiger partial charge is 0.456 e. The van der Waals surface area contributed by atoms with E-state index in [2.05, 4.69) is 16.8 Å². The van der Waals surface area contributed by atoms with Crippen LogP contribution in [0.3, 0.4) is 0 Å². The quantitative estimate of drug-likeness (QED) is 0.662. The fourth-order valence-corrected chi connectivity index (χ4v) is 1.45. The second-order valence-corrected chi connectivity index (χ2v) is 4.07. The molecule has 1 N–H and O–H groups in total. The molecule has 2 aromatic rings. The third-order valence-electron chi connectivity index (χ3n) is 2.32. The van der Waals surface area contributed by atoms with E-state index in [0.29, 0.717) is 5.69 Å². The van der Waals surface area contributed by atoms with Gasteiger partial charge in [0.25, 0.3) is 0 Å². The fraction of sp³-hybridized carbons (Fsp3) is 0.143. The Morgan fingerprint density at radius 3 is 2.78 bits per heavy atom. The van der Waals surface area contributed by atoms with Gasteiger partial charge in [-0.15, -0.1) is 0 Å². The molecule has 0 saturated carbocycles. The number of ether oxygens (including phenoxy) is 1. The second kappa shape index (κ2) is 5.31. The zero-order chi connectivity index (χ0) is 13.0. The summed E-state index contributed by atoms with van der Waals surface area (Å²) in [5.41, 5.74) is 2.81. The van der Waals surface area contributed by atoms with Gasteiger partial charge >= 0.3 is 5.97 Å². The molecule has 0 radical (unpaired) electrons. The first-order valence-electron chi connectivity index (χ1n) is 5.59. The Morgan fingerprint density at radius 2 is 2.11 bits per heavy atom. The number of carbonyl (C=O) groups is 1. The van der Waals surface area contributed by atoms with Gasteiger partial charge in [-0.25, -0.2) is 4.79 Å². The summed E-state index contributed by atoms with van der Waals surface area (Å²) in [5, 5.41) is 6.76. The molecule has 0 saturated heterocycles. The van der Waals surface area contributed by atoms with Crippen molar-refractivity contribution < 1.29 is 9.53 Å². The summed E-state index contributed by atoms with van der Waals surface area (Å²) < 4.78 is 5.03. The van der Waals surface area contributed by atoms with Crippen molar-refractivity contribution in [1.29, 1.82) is 0 Å². The molecule has 1 aromatic carbocycles. The molecule has 0 spiro atoms. The molecule has 0 aliphatic carbocycles. The number of benzene rings is 1. The number of hydrogen-bond acceptors (Lipinski definition) is 3. The molecule has 4 nitrogen and oxygen atoms in total. The molecule has 0 aliphatic heterocycles. The van der Waals surface area contributed by atoms with Crippen molar-refractivity contribution in [2.75, 3.05) is 6.61 Å². The predicted octanol–water partition coefficient (Wildman–Crippen LogP) is 2.81. The number of H-pyrrole nitrogens is 1. The smallest absolute Gasteiger partial charge is 0.356 e. The topological polar surface area (TPSA) is 55.0 Å². The van der Waals surface area contributed by atoms with Gasteiger partial charge in [0.1, 0.15) is 12.3 Å². The third-order valence-corrected chi connectivity index (χ3v) is 2.32. The minimum Gasteiger partial charge on any atom is -0.456 e. The maximum absolute atomic E-state index is 11.7. The first-order chi connectivity index (χ1) is 8.66. The van der Waals surface area contributed by atoms with Crippen LogP contribution in [0.5, 0.6) is 0 Å². The Kier molecular flexibility index (Phi) is 3.57. The highest BCUT2D eigenvalue weighted by molar-refractivity contribution is 5.88. The molecule has 1 aromatic heterocycles. The second-order valence-electron chi connectivity index (χ2n) is 4.07. The average Bonchev–Trinajstić information content (AvgIpc) is 2.86. The van der Waals surface area contributed by atoms with E-state index >= 15 is 0 Å². The van der Waals surface area contributed by atoms with E-state index in [9.17, 15) is 4.79 Å². The van der Waals surface area contributed by atoms with E-state index in [1.54, 1.807) is 13.0 Å². The zero-order valence-corrected chi connectivity index (χ0v) is 10.1. The summed E-state index contributed by atoms with van der Waals surface area (Å²) in [6.45, 7) is 5.69. The number of nitrogens with zero attached hydrogens (tertiary/aromatic N) is 1. The van der Waals surface area contributed by atoms with Crippen LogP contribution < -0.4 is 0 Å². The Hall–Kier alpha value is -2.36. The van der Waals surface area contributed by atoms with Crippen LogP contribution in [0.25, 0.3) is 11.3 Å². The van der Waals surface area contributed by atoms with Gasteiger partial charge in [-0.3, -0.25) is 5.10 Å². The number of hydrogen-bond donors (Lipinski definition) is 1. The average molecular weight is 242 g/mol. The molecule has 0 unspecified atom stereocenters. The lowest BCUT2D eigenvalue weighted by molar-refractivity contribution is 0.0533. The minimum atomic E-state index is -0.423. The minimum absolute atomic E-state index is 0.221. The van der Waals surface area contributed by atoms with Gasteiger partial charge < -0.3 is 4.74 Å². The van der Waals surface area contributed by atoms with Crippen LogP contribution in [0.2, 0.25) is 0 Å². The molecular weight excluding hydrogens is 228 g/mol. The monoisotopic (exact) mass is 242 g/mol. The molecule has 0 amide bonds. The summed E-state index contributed by atoms with van der Waals surface area (Å²) in [5.74, 6) is -0.423.